The molecule has 1 aromatic rings. The van der Waals surface area contributed by atoms with E-state index in [1.54, 1.807) is 38.6 Å². The van der Waals surface area contributed by atoms with Gasteiger partial charge in [-0.25, -0.2) is 0 Å². The third-order valence-corrected chi connectivity index (χ3v) is 4.12. The number of carbonyl (C=O) groups excluding carboxylic acids is 2. The lowest BCUT2D eigenvalue weighted by Crippen LogP contribution is -2.41. The van der Waals surface area contributed by atoms with Crippen molar-refractivity contribution in [2.45, 2.75) is 32.1 Å². The fraction of sp³-hybridized carbons (Fsp3) is 0.500. The van der Waals surface area contributed by atoms with Crippen LogP contribution in [-0.4, -0.2) is 31.4 Å². The van der Waals surface area contributed by atoms with E-state index in [1.807, 2.05) is 18.4 Å². The molecule has 0 unspecified atom stereocenters. The second-order valence-electron chi connectivity index (χ2n) is 5.03. The Balaban J connectivity index is 3.09. The average molecular weight is 325 g/mol. The number of thioether (sulfide) groups is 1. The molecule has 0 atom stereocenters. The van der Waals surface area contributed by atoms with Gasteiger partial charge >= 0.3 is 11.9 Å². The minimum atomic E-state index is -1.38. The molecule has 0 radical (unpaired) electrons. The summed E-state index contributed by atoms with van der Waals surface area (Å²) in [5.74, 6) is -1.16. The van der Waals surface area contributed by atoms with Gasteiger partial charge in [0.05, 0.1) is 13.2 Å². The summed E-state index contributed by atoms with van der Waals surface area (Å²) < 4.78 is 10.1. The third-order valence-electron chi connectivity index (χ3n) is 3.30. The number of hydrogen-bond donors (Lipinski definition) is 1. The van der Waals surface area contributed by atoms with E-state index in [9.17, 15) is 9.59 Å². The van der Waals surface area contributed by atoms with Crippen molar-refractivity contribution in [1.29, 1.82) is 0 Å². The van der Waals surface area contributed by atoms with Gasteiger partial charge in [-0.15, -0.1) is 11.8 Å². The van der Waals surface area contributed by atoms with Gasteiger partial charge in [0.1, 0.15) is 0 Å². The third kappa shape index (κ3) is 4.16. The minimum absolute atomic E-state index is 0.184. The molecule has 5 nitrogen and oxygen atoms in total. The number of nitrogens with two attached hydrogens (primary N) is 1. The SMILES string of the molecule is CCOC(=O)C(C)(Cc1ccc(SC)c(N)c1)C(=O)OCC. The molecule has 22 heavy (non-hydrogen) atoms. The largest absolute Gasteiger partial charge is 0.465 e. The van der Waals surface area contributed by atoms with E-state index in [0.717, 1.165) is 10.5 Å². The molecule has 0 fully saturated rings. The van der Waals surface area contributed by atoms with E-state index >= 15 is 0 Å². The topological polar surface area (TPSA) is 78.6 Å². The molecule has 0 aliphatic heterocycles. The van der Waals surface area contributed by atoms with Crippen molar-refractivity contribution in [3.8, 4) is 0 Å². The Morgan fingerprint density at radius 3 is 2.14 bits per heavy atom. The van der Waals surface area contributed by atoms with Gasteiger partial charge in [-0.3, -0.25) is 9.59 Å². The molecule has 0 heterocycles. The Hall–Kier alpha value is -1.69. The molecule has 1 aromatic carbocycles. The highest BCUT2D eigenvalue weighted by Gasteiger charge is 2.44. The van der Waals surface area contributed by atoms with E-state index in [4.69, 9.17) is 15.2 Å². The Morgan fingerprint density at radius 1 is 1.18 bits per heavy atom. The summed E-state index contributed by atoms with van der Waals surface area (Å²) in [6.45, 7) is 5.37. The number of esters is 2. The molecular weight excluding hydrogens is 302 g/mol. The highest BCUT2D eigenvalue weighted by molar-refractivity contribution is 7.98. The Labute approximate surface area is 135 Å². The van der Waals surface area contributed by atoms with Crippen LogP contribution >= 0.6 is 11.8 Å². The number of anilines is 1. The number of carbonyl (C=O) groups is 2. The van der Waals surface area contributed by atoms with Crippen molar-refractivity contribution in [2.24, 2.45) is 5.41 Å². The minimum Gasteiger partial charge on any atom is -0.465 e. The lowest BCUT2D eigenvalue weighted by molar-refractivity contribution is -0.170. The van der Waals surface area contributed by atoms with E-state index < -0.39 is 17.4 Å². The second-order valence-corrected chi connectivity index (χ2v) is 5.87. The molecule has 0 aromatic heterocycles. The van der Waals surface area contributed by atoms with Gasteiger partial charge in [0.15, 0.2) is 5.41 Å². The standard InChI is InChI=1S/C16H23NO4S/c1-5-20-14(18)16(3,15(19)21-6-2)10-11-7-8-13(22-4)12(17)9-11/h7-9H,5-6,10,17H2,1-4H3. The van der Waals surface area contributed by atoms with Gasteiger partial charge in [0.2, 0.25) is 0 Å². The zero-order chi connectivity index (χ0) is 16.8. The zero-order valence-electron chi connectivity index (χ0n) is 13.5. The summed E-state index contributed by atoms with van der Waals surface area (Å²) in [6, 6.07) is 5.52. The summed E-state index contributed by atoms with van der Waals surface area (Å²) >= 11 is 1.54. The number of rotatable bonds is 7. The fourth-order valence-corrected chi connectivity index (χ4v) is 2.61. The van der Waals surface area contributed by atoms with Crippen LogP contribution in [0.25, 0.3) is 0 Å². The van der Waals surface area contributed by atoms with Gasteiger partial charge in [0, 0.05) is 10.6 Å². The lowest BCUT2D eigenvalue weighted by atomic mass is 9.83. The van der Waals surface area contributed by atoms with Gasteiger partial charge in [0.25, 0.3) is 0 Å². The zero-order valence-corrected chi connectivity index (χ0v) is 14.3. The average Bonchev–Trinajstić information content (AvgIpc) is 2.47. The van der Waals surface area contributed by atoms with Crippen LogP contribution < -0.4 is 5.73 Å². The van der Waals surface area contributed by atoms with E-state index in [2.05, 4.69) is 0 Å². The first kappa shape index (κ1) is 18.4. The summed E-state index contributed by atoms with van der Waals surface area (Å²) in [6.07, 6.45) is 2.12. The molecule has 0 bridgehead atoms. The maximum atomic E-state index is 12.2. The second kappa shape index (κ2) is 8.08. The van der Waals surface area contributed by atoms with Crippen LogP contribution in [-0.2, 0) is 25.5 Å². The van der Waals surface area contributed by atoms with Crippen LogP contribution in [0.3, 0.4) is 0 Å². The maximum absolute atomic E-state index is 12.2. The first-order valence-electron chi connectivity index (χ1n) is 7.15. The molecular formula is C16H23NO4S. The molecule has 1 rings (SSSR count). The molecule has 0 saturated carbocycles. The summed E-state index contributed by atoms with van der Waals surface area (Å²) in [4.78, 5) is 25.4. The summed E-state index contributed by atoms with van der Waals surface area (Å²) in [5, 5.41) is 0. The molecule has 2 N–H and O–H groups in total. The Bertz CT molecular complexity index is 527. The predicted octanol–water partition coefficient (Wildman–Crippen LogP) is 2.67. The molecule has 0 aliphatic carbocycles. The first-order valence-corrected chi connectivity index (χ1v) is 8.38. The lowest BCUT2D eigenvalue weighted by Gasteiger charge is -2.25. The highest BCUT2D eigenvalue weighted by Crippen LogP contribution is 2.30. The molecule has 6 heteroatoms. The van der Waals surface area contributed by atoms with Crippen molar-refractivity contribution >= 4 is 29.4 Å². The number of nitrogen functional groups attached to an aromatic ring is 1. The maximum Gasteiger partial charge on any atom is 0.323 e. The smallest absolute Gasteiger partial charge is 0.323 e. The Morgan fingerprint density at radius 2 is 1.73 bits per heavy atom. The number of benzene rings is 1. The van der Waals surface area contributed by atoms with Crippen molar-refractivity contribution in [3.63, 3.8) is 0 Å². The summed E-state index contributed by atoms with van der Waals surface area (Å²) in [5.41, 5.74) is 6.01. The molecule has 0 spiro atoms. The van der Waals surface area contributed by atoms with Gasteiger partial charge in [-0.05, 0) is 51.1 Å². The molecule has 0 saturated heterocycles. The monoisotopic (exact) mass is 325 g/mol. The van der Waals surface area contributed by atoms with Crippen molar-refractivity contribution in [3.05, 3.63) is 23.8 Å². The predicted molar refractivity (Wildman–Crippen MR) is 87.7 cm³/mol. The van der Waals surface area contributed by atoms with Crippen LogP contribution in [0.5, 0.6) is 0 Å². The Kier molecular flexibility index (Phi) is 6.74. The molecule has 122 valence electrons. The first-order chi connectivity index (χ1) is 10.4. The van der Waals surface area contributed by atoms with E-state index in [1.165, 1.54) is 0 Å². The van der Waals surface area contributed by atoms with Crippen LogP contribution in [0.2, 0.25) is 0 Å². The molecule has 0 aliphatic rings. The van der Waals surface area contributed by atoms with Crippen molar-refractivity contribution < 1.29 is 19.1 Å². The van der Waals surface area contributed by atoms with Crippen LogP contribution in [0.15, 0.2) is 23.1 Å². The van der Waals surface area contributed by atoms with E-state index in [0.29, 0.717) is 5.69 Å². The normalized spacial score (nSPS) is 11.1. The van der Waals surface area contributed by atoms with Gasteiger partial charge < -0.3 is 15.2 Å². The number of hydrogen-bond acceptors (Lipinski definition) is 6. The van der Waals surface area contributed by atoms with Gasteiger partial charge in [-0.1, -0.05) is 6.07 Å². The fourth-order valence-electron chi connectivity index (χ4n) is 2.11. The van der Waals surface area contributed by atoms with E-state index in [-0.39, 0.29) is 19.6 Å². The number of ether oxygens (including phenoxy) is 2. The van der Waals surface area contributed by atoms with Crippen LogP contribution in [0.4, 0.5) is 5.69 Å². The van der Waals surface area contributed by atoms with Crippen molar-refractivity contribution in [2.75, 3.05) is 25.2 Å². The van der Waals surface area contributed by atoms with Crippen LogP contribution in [0.1, 0.15) is 26.3 Å². The highest BCUT2D eigenvalue weighted by atomic mass is 32.2. The van der Waals surface area contributed by atoms with Crippen LogP contribution in [0, 0.1) is 5.41 Å². The molecule has 0 amide bonds. The summed E-state index contributed by atoms with van der Waals surface area (Å²) in [7, 11) is 0. The van der Waals surface area contributed by atoms with Crippen molar-refractivity contribution in [1.82, 2.24) is 0 Å². The van der Waals surface area contributed by atoms with Gasteiger partial charge in [-0.2, -0.15) is 0 Å². The quantitative estimate of drug-likeness (QED) is 0.359.